The minimum atomic E-state index is -0.686. The molecule has 0 aliphatic heterocycles. The number of ether oxygens (including phenoxy) is 2. The first-order valence-corrected chi connectivity index (χ1v) is 8.44. The molecular formula is C19H15BrN2O4. The van der Waals surface area contributed by atoms with E-state index in [0.29, 0.717) is 38.1 Å². The largest absolute Gasteiger partial charge is 0.493 e. The first kappa shape index (κ1) is 17.8. The lowest BCUT2D eigenvalue weighted by atomic mass is 9.97. The Hall–Kier alpha value is -2.98. The van der Waals surface area contributed by atoms with Crippen molar-refractivity contribution in [2.45, 2.75) is 0 Å². The van der Waals surface area contributed by atoms with E-state index in [1.807, 2.05) is 18.2 Å². The van der Waals surface area contributed by atoms with Crippen LogP contribution in [0.25, 0.3) is 22.1 Å². The quantitative estimate of drug-likeness (QED) is 0.645. The lowest BCUT2D eigenvalue weighted by Crippen LogP contribution is -2.07. The van der Waals surface area contributed by atoms with Crippen LogP contribution in [-0.2, 0) is 0 Å². The number of anilines is 1. The molecule has 0 fully saturated rings. The third-order valence-corrected chi connectivity index (χ3v) is 4.62. The van der Waals surface area contributed by atoms with Gasteiger partial charge in [-0.05, 0) is 45.8 Å². The predicted molar refractivity (Wildman–Crippen MR) is 103 cm³/mol. The fourth-order valence-electron chi connectivity index (χ4n) is 2.82. The van der Waals surface area contributed by atoms with Gasteiger partial charge in [-0.1, -0.05) is 0 Å². The summed E-state index contributed by atoms with van der Waals surface area (Å²) in [6, 6.07) is 10.8. The molecule has 26 heavy (non-hydrogen) atoms. The van der Waals surface area contributed by atoms with E-state index in [1.54, 1.807) is 25.2 Å². The van der Waals surface area contributed by atoms with Gasteiger partial charge in [-0.25, -0.2) is 4.79 Å². The number of nitriles is 1. The van der Waals surface area contributed by atoms with E-state index in [1.165, 1.54) is 14.2 Å². The monoisotopic (exact) mass is 414 g/mol. The second kappa shape index (κ2) is 7.10. The van der Waals surface area contributed by atoms with Crippen LogP contribution >= 0.6 is 15.9 Å². The van der Waals surface area contributed by atoms with Crippen LogP contribution in [0.2, 0.25) is 0 Å². The highest BCUT2D eigenvalue weighted by molar-refractivity contribution is 9.10. The zero-order chi connectivity index (χ0) is 18.8. The first-order valence-electron chi connectivity index (χ1n) is 7.64. The Morgan fingerprint density at radius 1 is 1.19 bits per heavy atom. The number of halogens is 1. The average Bonchev–Trinajstić information content (AvgIpc) is 2.65. The molecule has 3 aromatic rings. The summed E-state index contributed by atoms with van der Waals surface area (Å²) in [4.78, 5) is 12.3. The second-order valence-electron chi connectivity index (χ2n) is 5.41. The van der Waals surface area contributed by atoms with Gasteiger partial charge in [0.05, 0.1) is 18.7 Å². The molecule has 1 heterocycles. The molecular weight excluding hydrogens is 400 g/mol. The fraction of sp³-hybridized carbons (Fsp3) is 0.158. The van der Waals surface area contributed by atoms with Gasteiger partial charge < -0.3 is 19.2 Å². The van der Waals surface area contributed by atoms with Crippen LogP contribution in [-0.4, -0.2) is 21.3 Å². The second-order valence-corrected chi connectivity index (χ2v) is 6.26. The Bertz CT molecular complexity index is 1100. The van der Waals surface area contributed by atoms with Gasteiger partial charge >= 0.3 is 5.63 Å². The highest BCUT2D eigenvalue weighted by Gasteiger charge is 2.20. The Labute approximate surface area is 158 Å². The van der Waals surface area contributed by atoms with Gasteiger partial charge in [0.1, 0.15) is 17.2 Å². The van der Waals surface area contributed by atoms with E-state index in [2.05, 4.69) is 21.2 Å². The molecule has 0 saturated heterocycles. The van der Waals surface area contributed by atoms with Gasteiger partial charge in [0, 0.05) is 29.8 Å². The van der Waals surface area contributed by atoms with Crippen LogP contribution in [0.1, 0.15) is 5.56 Å². The maximum absolute atomic E-state index is 12.3. The number of hydrogen-bond acceptors (Lipinski definition) is 6. The zero-order valence-corrected chi connectivity index (χ0v) is 15.9. The van der Waals surface area contributed by atoms with Crippen molar-refractivity contribution < 1.29 is 13.9 Å². The van der Waals surface area contributed by atoms with Gasteiger partial charge in [0.25, 0.3) is 0 Å². The lowest BCUT2D eigenvalue weighted by Gasteiger charge is -2.14. The van der Waals surface area contributed by atoms with Crippen molar-refractivity contribution in [2.24, 2.45) is 0 Å². The third kappa shape index (κ3) is 2.89. The molecule has 0 amide bonds. The van der Waals surface area contributed by atoms with Crippen LogP contribution in [0.3, 0.4) is 0 Å². The van der Waals surface area contributed by atoms with Crippen LogP contribution in [0.15, 0.2) is 44.0 Å². The maximum Gasteiger partial charge on any atom is 0.354 e. The SMILES string of the molecule is CNc1ccc2c(-c3cc(Br)c(OC)c(OC)c3)c(C#N)c(=O)oc2c1. The van der Waals surface area contributed by atoms with E-state index >= 15 is 0 Å². The number of nitrogens with zero attached hydrogens (tertiary/aromatic N) is 1. The summed E-state index contributed by atoms with van der Waals surface area (Å²) in [5, 5.41) is 13.2. The normalized spacial score (nSPS) is 10.4. The standard InChI is InChI=1S/C19H15BrN2O4/c1-22-11-4-5-12-15(8-11)26-19(23)13(9-21)17(12)10-6-14(20)18(25-3)16(7-10)24-2/h4-8,22H,1-3H3. The van der Waals surface area contributed by atoms with Crippen LogP contribution in [0.4, 0.5) is 5.69 Å². The van der Waals surface area contributed by atoms with Gasteiger partial charge in [-0.3, -0.25) is 0 Å². The summed E-state index contributed by atoms with van der Waals surface area (Å²) in [5.74, 6) is 1.01. The summed E-state index contributed by atoms with van der Waals surface area (Å²) < 4.78 is 16.7. The minimum Gasteiger partial charge on any atom is -0.493 e. The number of fused-ring (bicyclic) bond motifs is 1. The highest BCUT2D eigenvalue weighted by Crippen LogP contribution is 2.41. The summed E-state index contributed by atoms with van der Waals surface area (Å²) >= 11 is 3.45. The molecule has 6 nitrogen and oxygen atoms in total. The van der Waals surface area contributed by atoms with Gasteiger partial charge in [-0.2, -0.15) is 5.26 Å². The van der Waals surface area contributed by atoms with Crippen molar-refractivity contribution in [3.8, 4) is 28.7 Å². The topological polar surface area (TPSA) is 84.5 Å². The Balaban J connectivity index is 2.42. The molecule has 0 unspecified atom stereocenters. The first-order chi connectivity index (χ1) is 12.5. The van der Waals surface area contributed by atoms with E-state index < -0.39 is 5.63 Å². The van der Waals surface area contributed by atoms with Crippen molar-refractivity contribution in [1.29, 1.82) is 5.26 Å². The molecule has 0 bridgehead atoms. The molecule has 0 aliphatic carbocycles. The van der Waals surface area contributed by atoms with Crippen molar-refractivity contribution in [3.05, 3.63) is 50.8 Å². The molecule has 2 aromatic carbocycles. The fourth-order valence-corrected chi connectivity index (χ4v) is 3.42. The lowest BCUT2D eigenvalue weighted by molar-refractivity contribution is 0.353. The van der Waals surface area contributed by atoms with Crippen LogP contribution in [0.5, 0.6) is 11.5 Å². The molecule has 0 spiro atoms. The number of rotatable bonds is 4. The molecule has 7 heteroatoms. The van der Waals surface area contributed by atoms with E-state index in [9.17, 15) is 10.1 Å². The maximum atomic E-state index is 12.3. The van der Waals surface area contributed by atoms with Crippen LogP contribution < -0.4 is 20.4 Å². The van der Waals surface area contributed by atoms with Gasteiger partial charge in [0.15, 0.2) is 11.5 Å². The molecule has 1 N–H and O–H groups in total. The molecule has 0 radical (unpaired) electrons. The number of hydrogen-bond donors (Lipinski definition) is 1. The van der Waals surface area contributed by atoms with Crippen molar-refractivity contribution >= 4 is 32.6 Å². The molecule has 0 aliphatic rings. The van der Waals surface area contributed by atoms with E-state index in [0.717, 1.165) is 5.69 Å². The Kier molecular flexibility index (Phi) is 4.87. The number of benzene rings is 2. The van der Waals surface area contributed by atoms with E-state index in [-0.39, 0.29) is 5.56 Å². The van der Waals surface area contributed by atoms with Gasteiger partial charge in [0.2, 0.25) is 0 Å². The summed E-state index contributed by atoms with van der Waals surface area (Å²) in [5.41, 5.74) is 1.57. The van der Waals surface area contributed by atoms with Crippen LogP contribution in [0, 0.1) is 11.3 Å². The Morgan fingerprint density at radius 3 is 2.58 bits per heavy atom. The number of nitrogens with one attached hydrogen (secondary N) is 1. The Morgan fingerprint density at radius 2 is 1.96 bits per heavy atom. The van der Waals surface area contributed by atoms with Crippen molar-refractivity contribution in [2.75, 3.05) is 26.6 Å². The minimum absolute atomic E-state index is 0.0613. The molecule has 0 saturated carbocycles. The zero-order valence-electron chi connectivity index (χ0n) is 14.3. The summed E-state index contributed by atoms with van der Waals surface area (Å²) in [7, 11) is 4.83. The smallest absolute Gasteiger partial charge is 0.354 e. The summed E-state index contributed by atoms with van der Waals surface area (Å²) in [6.07, 6.45) is 0. The summed E-state index contributed by atoms with van der Waals surface area (Å²) in [6.45, 7) is 0. The van der Waals surface area contributed by atoms with Gasteiger partial charge in [-0.15, -0.1) is 0 Å². The number of methoxy groups -OCH3 is 2. The predicted octanol–water partition coefficient (Wildman–Crippen LogP) is 4.15. The third-order valence-electron chi connectivity index (χ3n) is 4.03. The molecule has 0 atom stereocenters. The molecule has 132 valence electrons. The van der Waals surface area contributed by atoms with E-state index in [4.69, 9.17) is 13.9 Å². The van der Waals surface area contributed by atoms with Crippen molar-refractivity contribution in [1.82, 2.24) is 0 Å². The average molecular weight is 415 g/mol. The van der Waals surface area contributed by atoms with Crippen molar-refractivity contribution in [3.63, 3.8) is 0 Å². The molecule has 3 rings (SSSR count). The highest BCUT2D eigenvalue weighted by atomic mass is 79.9. The molecule has 1 aromatic heterocycles.